The molecule has 8 nitrogen and oxygen atoms in total. The first kappa shape index (κ1) is 21.2. The molecule has 0 unspecified atom stereocenters. The summed E-state index contributed by atoms with van der Waals surface area (Å²) in [6.07, 6.45) is 0.0234. The van der Waals surface area contributed by atoms with Gasteiger partial charge in [-0.2, -0.15) is 0 Å². The Hall–Kier alpha value is -4.07. The van der Waals surface area contributed by atoms with Crippen molar-refractivity contribution in [3.63, 3.8) is 0 Å². The van der Waals surface area contributed by atoms with Gasteiger partial charge in [0.2, 0.25) is 0 Å². The number of carbonyl (C=O) groups is 1. The molecule has 0 aliphatic carbocycles. The molecular formula is C24H23N3O5. The molecule has 4 rings (SSSR count). The predicted molar refractivity (Wildman–Crippen MR) is 120 cm³/mol. The third-order valence-corrected chi connectivity index (χ3v) is 5.45. The molecule has 3 aromatic rings. The van der Waals surface area contributed by atoms with E-state index in [-0.39, 0.29) is 24.4 Å². The van der Waals surface area contributed by atoms with Crippen LogP contribution in [-0.4, -0.2) is 18.1 Å². The van der Waals surface area contributed by atoms with Crippen molar-refractivity contribution in [3.05, 3.63) is 99.6 Å². The maximum absolute atomic E-state index is 12.6. The summed E-state index contributed by atoms with van der Waals surface area (Å²) in [5.74, 6) is 0.684. The van der Waals surface area contributed by atoms with E-state index >= 15 is 0 Å². The number of nitrogens with zero attached hydrogens (tertiary/aromatic N) is 1. The van der Waals surface area contributed by atoms with Crippen LogP contribution in [0.1, 0.15) is 35.2 Å². The number of rotatable bonds is 6. The van der Waals surface area contributed by atoms with Gasteiger partial charge in [-0.05, 0) is 35.7 Å². The van der Waals surface area contributed by atoms with Crippen molar-refractivity contribution in [2.24, 2.45) is 0 Å². The number of carbonyl (C=O) groups excluding carboxylic acids is 1. The van der Waals surface area contributed by atoms with Crippen LogP contribution in [0.2, 0.25) is 0 Å². The third-order valence-electron chi connectivity index (χ3n) is 5.45. The number of alkyl carbamates (subject to hydrolysis) is 1. The summed E-state index contributed by atoms with van der Waals surface area (Å²) in [6.45, 7) is 0.175. The summed E-state index contributed by atoms with van der Waals surface area (Å²) < 4.78 is 10.8. The highest BCUT2D eigenvalue weighted by atomic mass is 16.6. The molecule has 3 aromatic carbocycles. The lowest BCUT2D eigenvalue weighted by Gasteiger charge is -2.34. The lowest BCUT2D eigenvalue weighted by molar-refractivity contribution is -0.384. The number of nitro benzene ring substituents is 1. The van der Waals surface area contributed by atoms with Gasteiger partial charge in [0, 0.05) is 23.4 Å². The molecule has 2 atom stereocenters. The molecule has 0 fully saturated rings. The second-order valence-electron chi connectivity index (χ2n) is 7.49. The zero-order valence-corrected chi connectivity index (χ0v) is 17.5. The van der Waals surface area contributed by atoms with Crippen molar-refractivity contribution in [1.29, 1.82) is 0 Å². The minimum Gasteiger partial charge on any atom is -0.497 e. The van der Waals surface area contributed by atoms with E-state index in [9.17, 15) is 14.9 Å². The minimum absolute atomic E-state index is 0.0360. The Bertz CT molecular complexity index is 1100. The molecule has 164 valence electrons. The summed E-state index contributed by atoms with van der Waals surface area (Å²) >= 11 is 0. The molecule has 8 heteroatoms. The minimum atomic E-state index is -0.517. The Balaban J connectivity index is 1.53. The van der Waals surface area contributed by atoms with Gasteiger partial charge in [-0.1, -0.05) is 42.5 Å². The van der Waals surface area contributed by atoms with E-state index in [1.807, 2.05) is 48.5 Å². The Morgan fingerprint density at radius 2 is 1.88 bits per heavy atom. The maximum Gasteiger partial charge on any atom is 0.407 e. The van der Waals surface area contributed by atoms with Crippen LogP contribution in [0.15, 0.2) is 72.8 Å². The molecule has 0 bridgehead atoms. The fraction of sp³-hybridized carbons (Fsp3) is 0.208. The SMILES string of the molecule is COc1ccc2c(c1)[C@@H](NC(=O)OCc1ccccc1)C[C@@H](c1ccc([N+](=O)[O-])cc1)N2. The van der Waals surface area contributed by atoms with E-state index in [1.54, 1.807) is 19.2 Å². The molecule has 1 aliphatic heterocycles. The van der Waals surface area contributed by atoms with Gasteiger partial charge in [-0.25, -0.2) is 4.79 Å². The highest BCUT2D eigenvalue weighted by Crippen LogP contribution is 2.40. The number of fused-ring (bicyclic) bond motifs is 1. The number of amides is 1. The molecular weight excluding hydrogens is 410 g/mol. The first-order chi connectivity index (χ1) is 15.5. The van der Waals surface area contributed by atoms with Crippen LogP contribution in [0.25, 0.3) is 0 Å². The quantitative estimate of drug-likeness (QED) is 0.413. The lowest BCUT2D eigenvalue weighted by atomic mass is 9.89. The first-order valence-corrected chi connectivity index (χ1v) is 10.2. The van der Waals surface area contributed by atoms with Crippen molar-refractivity contribution in [2.45, 2.75) is 25.1 Å². The summed E-state index contributed by atoms with van der Waals surface area (Å²) in [6, 6.07) is 21.0. The van der Waals surface area contributed by atoms with E-state index in [4.69, 9.17) is 9.47 Å². The third kappa shape index (κ3) is 4.80. The van der Waals surface area contributed by atoms with Gasteiger partial charge in [0.25, 0.3) is 5.69 Å². The molecule has 0 saturated heterocycles. The largest absolute Gasteiger partial charge is 0.497 e. The summed E-state index contributed by atoms with van der Waals surface area (Å²) in [4.78, 5) is 23.1. The predicted octanol–water partition coefficient (Wildman–Crippen LogP) is 5.13. The first-order valence-electron chi connectivity index (χ1n) is 10.2. The number of nitrogens with one attached hydrogen (secondary N) is 2. The standard InChI is InChI=1S/C24H23N3O5/c1-31-19-11-12-21-20(13-19)23(26-24(28)32-15-16-5-3-2-4-6-16)14-22(25-21)17-7-9-18(10-8-17)27(29)30/h2-13,22-23,25H,14-15H2,1H3,(H,26,28)/t22-,23-/m0/s1. The lowest BCUT2D eigenvalue weighted by Crippen LogP contribution is -2.34. The molecule has 1 heterocycles. The van der Waals surface area contributed by atoms with Crippen molar-refractivity contribution < 1.29 is 19.2 Å². The van der Waals surface area contributed by atoms with E-state index in [0.29, 0.717) is 12.2 Å². The fourth-order valence-electron chi connectivity index (χ4n) is 3.79. The molecule has 1 amide bonds. The van der Waals surface area contributed by atoms with Crippen molar-refractivity contribution in [2.75, 3.05) is 12.4 Å². The summed E-state index contributed by atoms with van der Waals surface area (Å²) in [5, 5.41) is 17.4. The Kier molecular flexibility index (Phi) is 6.21. The van der Waals surface area contributed by atoms with Crippen LogP contribution in [0.4, 0.5) is 16.2 Å². The van der Waals surface area contributed by atoms with Gasteiger partial charge >= 0.3 is 6.09 Å². The number of methoxy groups -OCH3 is 1. The van der Waals surface area contributed by atoms with E-state index in [2.05, 4.69) is 10.6 Å². The Morgan fingerprint density at radius 3 is 2.56 bits per heavy atom. The summed E-state index contributed by atoms with van der Waals surface area (Å²) in [7, 11) is 1.59. The Labute approximate surface area is 185 Å². The number of hydrogen-bond acceptors (Lipinski definition) is 6. The highest BCUT2D eigenvalue weighted by molar-refractivity contribution is 5.70. The van der Waals surface area contributed by atoms with Gasteiger partial charge in [-0.15, -0.1) is 0 Å². The normalized spacial score (nSPS) is 16.9. The van der Waals surface area contributed by atoms with E-state index < -0.39 is 11.0 Å². The number of ether oxygens (including phenoxy) is 2. The highest BCUT2D eigenvalue weighted by Gasteiger charge is 2.30. The topological polar surface area (TPSA) is 103 Å². The van der Waals surface area contributed by atoms with Crippen molar-refractivity contribution in [1.82, 2.24) is 5.32 Å². The van der Waals surface area contributed by atoms with Gasteiger partial charge in [-0.3, -0.25) is 10.1 Å². The second kappa shape index (κ2) is 9.38. The Morgan fingerprint density at radius 1 is 1.12 bits per heavy atom. The monoisotopic (exact) mass is 433 g/mol. The number of anilines is 1. The number of nitro groups is 1. The van der Waals surface area contributed by atoms with Crippen LogP contribution >= 0.6 is 0 Å². The molecule has 0 radical (unpaired) electrons. The van der Waals surface area contributed by atoms with Crippen LogP contribution in [0.3, 0.4) is 0 Å². The zero-order valence-electron chi connectivity index (χ0n) is 17.5. The van der Waals surface area contributed by atoms with Gasteiger partial charge in [0.1, 0.15) is 12.4 Å². The van der Waals surface area contributed by atoms with Crippen LogP contribution in [-0.2, 0) is 11.3 Å². The van der Waals surface area contributed by atoms with Crippen LogP contribution < -0.4 is 15.4 Å². The average molecular weight is 433 g/mol. The maximum atomic E-state index is 12.6. The number of non-ortho nitro benzene ring substituents is 1. The van der Waals surface area contributed by atoms with Crippen molar-refractivity contribution >= 4 is 17.5 Å². The van der Waals surface area contributed by atoms with Crippen LogP contribution in [0.5, 0.6) is 5.75 Å². The fourth-order valence-corrected chi connectivity index (χ4v) is 3.79. The molecule has 32 heavy (non-hydrogen) atoms. The zero-order chi connectivity index (χ0) is 22.5. The number of hydrogen-bond donors (Lipinski definition) is 2. The average Bonchev–Trinajstić information content (AvgIpc) is 2.83. The van der Waals surface area contributed by atoms with E-state index in [0.717, 1.165) is 22.4 Å². The van der Waals surface area contributed by atoms with Gasteiger partial charge < -0.3 is 20.1 Å². The van der Waals surface area contributed by atoms with Crippen LogP contribution in [0, 0.1) is 10.1 Å². The molecule has 0 saturated carbocycles. The molecule has 2 N–H and O–H groups in total. The number of benzene rings is 3. The molecule has 1 aliphatic rings. The van der Waals surface area contributed by atoms with Gasteiger partial charge in [0.05, 0.1) is 24.1 Å². The molecule has 0 spiro atoms. The summed E-state index contributed by atoms with van der Waals surface area (Å²) in [5.41, 5.74) is 3.57. The molecule has 0 aromatic heterocycles. The second-order valence-corrected chi connectivity index (χ2v) is 7.49. The van der Waals surface area contributed by atoms with Gasteiger partial charge in [0.15, 0.2) is 0 Å². The van der Waals surface area contributed by atoms with Crippen molar-refractivity contribution in [3.8, 4) is 5.75 Å². The smallest absolute Gasteiger partial charge is 0.407 e. The van der Waals surface area contributed by atoms with E-state index in [1.165, 1.54) is 12.1 Å².